The van der Waals surface area contributed by atoms with Crippen LogP contribution in [0.1, 0.15) is 18.9 Å². The number of rotatable bonds is 4. The molecule has 1 aromatic carbocycles. The SMILES string of the molecule is CCCOc1cc(Cl)ccc1C(N)=NO. The molecule has 0 unspecified atom stereocenters. The van der Waals surface area contributed by atoms with Gasteiger partial charge in [-0.2, -0.15) is 0 Å². The lowest BCUT2D eigenvalue weighted by Crippen LogP contribution is -2.15. The molecule has 15 heavy (non-hydrogen) atoms. The summed E-state index contributed by atoms with van der Waals surface area (Å²) in [7, 11) is 0. The van der Waals surface area contributed by atoms with Crippen LogP contribution < -0.4 is 10.5 Å². The standard InChI is InChI=1S/C10H13ClN2O2/c1-2-5-15-9-6-7(11)3-4-8(9)10(12)13-14/h3-4,6,14H,2,5H2,1H3,(H2,12,13). The van der Waals surface area contributed by atoms with E-state index in [1.165, 1.54) is 0 Å². The molecular formula is C10H13ClN2O2. The van der Waals surface area contributed by atoms with Crippen LogP contribution >= 0.6 is 11.6 Å². The monoisotopic (exact) mass is 228 g/mol. The number of hydrogen-bond donors (Lipinski definition) is 2. The lowest BCUT2D eigenvalue weighted by Gasteiger charge is -2.09. The summed E-state index contributed by atoms with van der Waals surface area (Å²) in [5, 5.41) is 12.1. The predicted molar refractivity (Wildman–Crippen MR) is 59.7 cm³/mol. The maximum atomic E-state index is 8.58. The molecule has 0 bridgehead atoms. The topological polar surface area (TPSA) is 67.8 Å². The van der Waals surface area contributed by atoms with E-state index in [0.717, 1.165) is 6.42 Å². The Morgan fingerprint density at radius 2 is 2.33 bits per heavy atom. The van der Waals surface area contributed by atoms with Gasteiger partial charge in [-0.3, -0.25) is 0 Å². The zero-order chi connectivity index (χ0) is 11.3. The van der Waals surface area contributed by atoms with Gasteiger partial charge in [0.1, 0.15) is 5.75 Å². The smallest absolute Gasteiger partial charge is 0.173 e. The number of nitrogens with two attached hydrogens (primary N) is 1. The first-order valence-electron chi connectivity index (χ1n) is 4.59. The molecule has 0 saturated carbocycles. The van der Waals surface area contributed by atoms with Crippen LogP contribution in [-0.2, 0) is 0 Å². The van der Waals surface area contributed by atoms with Crippen molar-refractivity contribution in [2.24, 2.45) is 10.9 Å². The maximum absolute atomic E-state index is 8.58. The quantitative estimate of drug-likeness (QED) is 0.359. The van der Waals surface area contributed by atoms with Crippen molar-refractivity contribution < 1.29 is 9.94 Å². The Balaban J connectivity index is 3.03. The van der Waals surface area contributed by atoms with Crippen molar-refractivity contribution in [3.63, 3.8) is 0 Å². The fourth-order valence-corrected chi connectivity index (χ4v) is 1.26. The summed E-state index contributed by atoms with van der Waals surface area (Å²) >= 11 is 5.82. The zero-order valence-electron chi connectivity index (χ0n) is 8.40. The molecule has 4 nitrogen and oxygen atoms in total. The second kappa shape index (κ2) is 5.46. The molecule has 5 heteroatoms. The first kappa shape index (κ1) is 11.7. The van der Waals surface area contributed by atoms with E-state index in [2.05, 4.69) is 5.16 Å². The highest BCUT2D eigenvalue weighted by Crippen LogP contribution is 2.23. The van der Waals surface area contributed by atoms with E-state index >= 15 is 0 Å². The van der Waals surface area contributed by atoms with Crippen molar-refractivity contribution >= 4 is 17.4 Å². The van der Waals surface area contributed by atoms with Gasteiger partial charge in [0.25, 0.3) is 0 Å². The third-order valence-corrected chi connectivity index (χ3v) is 2.02. The summed E-state index contributed by atoms with van der Waals surface area (Å²) in [6, 6.07) is 4.96. The fourth-order valence-electron chi connectivity index (χ4n) is 1.09. The predicted octanol–water partition coefficient (Wildman–Crippen LogP) is 2.22. The minimum absolute atomic E-state index is 0.0118. The highest BCUT2D eigenvalue weighted by atomic mass is 35.5. The second-order valence-electron chi connectivity index (χ2n) is 2.97. The molecule has 1 aromatic rings. The molecule has 3 N–H and O–H groups in total. The fraction of sp³-hybridized carbons (Fsp3) is 0.300. The van der Waals surface area contributed by atoms with Crippen molar-refractivity contribution in [1.82, 2.24) is 0 Å². The number of nitrogens with zero attached hydrogens (tertiary/aromatic N) is 1. The normalized spacial score (nSPS) is 11.5. The average molecular weight is 229 g/mol. The van der Waals surface area contributed by atoms with Gasteiger partial charge >= 0.3 is 0 Å². The van der Waals surface area contributed by atoms with Gasteiger partial charge < -0.3 is 15.7 Å². The summed E-state index contributed by atoms with van der Waals surface area (Å²) in [5.74, 6) is 0.539. The van der Waals surface area contributed by atoms with Gasteiger partial charge in [0.05, 0.1) is 12.2 Å². The number of oxime groups is 1. The Bertz CT molecular complexity index is 366. The van der Waals surface area contributed by atoms with Gasteiger partial charge in [0, 0.05) is 5.02 Å². The highest BCUT2D eigenvalue weighted by molar-refractivity contribution is 6.30. The van der Waals surface area contributed by atoms with Crippen molar-refractivity contribution in [2.45, 2.75) is 13.3 Å². The first-order chi connectivity index (χ1) is 7.19. The Morgan fingerprint density at radius 1 is 1.60 bits per heavy atom. The number of benzene rings is 1. The van der Waals surface area contributed by atoms with Crippen LogP contribution in [0.15, 0.2) is 23.4 Å². The number of halogens is 1. The number of ether oxygens (including phenoxy) is 1. The first-order valence-corrected chi connectivity index (χ1v) is 4.97. The molecule has 0 spiro atoms. The molecule has 0 aliphatic rings. The number of hydrogen-bond acceptors (Lipinski definition) is 3. The van der Waals surface area contributed by atoms with E-state index in [-0.39, 0.29) is 5.84 Å². The van der Waals surface area contributed by atoms with Gasteiger partial charge in [-0.25, -0.2) is 0 Å². The Labute approximate surface area is 93.3 Å². The Kier molecular flexibility index (Phi) is 4.24. The van der Waals surface area contributed by atoms with Crippen LogP contribution in [0.5, 0.6) is 5.75 Å². The van der Waals surface area contributed by atoms with E-state index in [0.29, 0.717) is 22.9 Å². The molecule has 0 aromatic heterocycles. The van der Waals surface area contributed by atoms with Crippen LogP contribution in [0.3, 0.4) is 0 Å². The summed E-state index contributed by atoms with van der Waals surface area (Å²) in [5.41, 5.74) is 6.03. The van der Waals surface area contributed by atoms with Crippen molar-refractivity contribution in [2.75, 3.05) is 6.61 Å². The van der Waals surface area contributed by atoms with Gasteiger partial charge in [-0.05, 0) is 24.6 Å². The molecule has 1 rings (SSSR count). The molecule has 0 radical (unpaired) electrons. The van der Waals surface area contributed by atoms with E-state index in [4.69, 9.17) is 27.3 Å². The van der Waals surface area contributed by atoms with E-state index < -0.39 is 0 Å². The molecule has 0 aliphatic carbocycles. The lowest BCUT2D eigenvalue weighted by atomic mass is 10.2. The molecule has 0 aliphatic heterocycles. The molecule has 0 fully saturated rings. The Hall–Kier alpha value is -1.42. The molecule has 0 atom stereocenters. The number of amidine groups is 1. The van der Waals surface area contributed by atoms with E-state index in [1.54, 1.807) is 18.2 Å². The second-order valence-corrected chi connectivity index (χ2v) is 3.41. The lowest BCUT2D eigenvalue weighted by molar-refractivity contribution is 0.311. The van der Waals surface area contributed by atoms with Crippen molar-refractivity contribution in [1.29, 1.82) is 0 Å². The Morgan fingerprint density at radius 3 is 2.93 bits per heavy atom. The van der Waals surface area contributed by atoms with Gasteiger partial charge in [-0.1, -0.05) is 23.7 Å². The van der Waals surface area contributed by atoms with E-state index in [1.807, 2.05) is 6.92 Å². The van der Waals surface area contributed by atoms with Gasteiger partial charge in [-0.15, -0.1) is 0 Å². The zero-order valence-corrected chi connectivity index (χ0v) is 9.16. The third-order valence-electron chi connectivity index (χ3n) is 1.79. The van der Waals surface area contributed by atoms with Gasteiger partial charge in [0.2, 0.25) is 0 Å². The maximum Gasteiger partial charge on any atom is 0.173 e. The molecule has 0 saturated heterocycles. The van der Waals surface area contributed by atoms with Crippen molar-refractivity contribution in [3.05, 3.63) is 28.8 Å². The summed E-state index contributed by atoms with van der Waals surface area (Å²) < 4.78 is 5.43. The molecule has 0 amide bonds. The third kappa shape index (κ3) is 3.02. The largest absolute Gasteiger partial charge is 0.493 e. The molecule has 0 heterocycles. The molecular weight excluding hydrogens is 216 g/mol. The van der Waals surface area contributed by atoms with Crippen LogP contribution in [0, 0.1) is 0 Å². The van der Waals surface area contributed by atoms with Gasteiger partial charge in [0.15, 0.2) is 5.84 Å². The minimum atomic E-state index is 0.0118. The summed E-state index contributed by atoms with van der Waals surface area (Å²) in [6.07, 6.45) is 0.877. The van der Waals surface area contributed by atoms with Crippen LogP contribution in [0.4, 0.5) is 0 Å². The van der Waals surface area contributed by atoms with Crippen LogP contribution in [0.25, 0.3) is 0 Å². The molecule has 82 valence electrons. The minimum Gasteiger partial charge on any atom is -0.493 e. The average Bonchev–Trinajstić information content (AvgIpc) is 2.25. The van der Waals surface area contributed by atoms with Crippen LogP contribution in [0.2, 0.25) is 5.02 Å². The highest BCUT2D eigenvalue weighted by Gasteiger charge is 2.08. The summed E-state index contributed by atoms with van der Waals surface area (Å²) in [6.45, 7) is 2.56. The summed E-state index contributed by atoms with van der Waals surface area (Å²) in [4.78, 5) is 0. The van der Waals surface area contributed by atoms with E-state index in [9.17, 15) is 0 Å². The van der Waals surface area contributed by atoms with Crippen LogP contribution in [-0.4, -0.2) is 17.6 Å². The van der Waals surface area contributed by atoms with Crippen molar-refractivity contribution in [3.8, 4) is 5.75 Å².